The molecule has 0 spiro atoms. The fraction of sp³-hybridized carbons (Fsp3) is 0.167. The Morgan fingerprint density at radius 1 is 1.00 bits per heavy atom. The molecule has 3 aromatic rings. The van der Waals surface area contributed by atoms with Crippen molar-refractivity contribution in [2.75, 3.05) is 18.6 Å². The topological polar surface area (TPSA) is 99.0 Å². The van der Waals surface area contributed by atoms with E-state index in [1.54, 1.807) is 0 Å². The molecule has 0 heterocycles. The van der Waals surface area contributed by atoms with Crippen molar-refractivity contribution in [2.24, 2.45) is 0 Å². The predicted octanol–water partition coefficient (Wildman–Crippen LogP) is 4.30. The van der Waals surface area contributed by atoms with Crippen LogP contribution in [0.1, 0.15) is 21.5 Å². The number of anilines is 1. The van der Waals surface area contributed by atoms with Crippen LogP contribution in [0.15, 0.2) is 72.8 Å². The molecule has 0 saturated heterocycles. The van der Waals surface area contributed by atoms with Crippen molar-refractivity contribution in [2.45, 2.75) is 13.5 Å². The number of aryl methyl sites for hydroxylation is 1. The van der Waals surface area contributed by atoms with E-state index in [9.17, 15) is 19.7 Å². The Bertz CT molecular complexity index is 1130. The second kappa shape index (κ2) is 10.2. The van der Waals surface area contributed by atoms with Gasteiger partial charge in [0, 0.05) is 11.8 Å². The Morgan fingerprint density at radius 2 is 1.75 bits per heavy atom. The van der Waals surface area contributed by atoms with Crippen molar-refractivity contribution >= 4 is 23.3 Å². The van der Waals surface area contributed by atoms with Crippen molar-refractivity contribution in [1.29, 1.82) is 0 Å². The lowest BCUT2D eigenvalue weighted by atomic mass is 10.1. The first kappa shape index (κ1) is 22.5. The molecule has 3 rings (SSSR count). The maximum Gasteiger partial charge on any atom is 0.338 e. The van der Waals surface area contributed by atoms with E-state index >= 15 is 0 Å². The maximum atomic E-state index is 13.0. The smallest absolute Gasteiger partial charge is 0.338 e. The minimum atomic E-state index is -0.840. The van der Waals surface area contributed by atoms with Gasteiger partial charge in [0.1, 0.15) is 0 Å². The molecular weight excluding hydrogens is 412 g/mol. The highest BCUT2D eigenvalue weighted by Crippen LogP contribution is 2.28. The zero-order valence-corrected chi connectivity index (χ0v) is 17.7. The molecule has 0 radical (unpaired) electrons. The monoisotopic (exact) mass is 434 g/mol. The first-order valence-electron chi connectivity index (χ1n) is 9.79. The number of rotatable bonds is 8. The highest BCUT2D eigenvalue weighted by molar-refractivity contribution is 5.97. The number of nitro groups is 1. The Balaban J connectivity index is 1.77. The fourth-order valence-corrected chi connectivity index (χ4v) is 3.13. The highest BCUT2D eigenvalue weighted by atomic mass is 16.6. The van der Waals surface area contributed by atoms with E-state index in [1.165, 1.54) is 24.1 Å². The Hall–Kier alpha value is -4.20. The number of methoxy groups -OCH3 is 1. The Labute approximate surface area is 185 Å². The van der Waals surface area contributed by atoms with Crippen LogP contribution in [-0.2, 0) is 16.1 Å². The lowest BCUT2D eigenvalue weighted by Gasteiger charge is -2.23. The normalized spacial score (nSPS) is 10.3. The quantitative estimate of drug-likeness (QED) is 0.298. The summed E-state index contributed by atoms with van der Waals surface area (Å²) in [5, 5.41) is 11.2. The van der Waals surface area contributed by atoms with E-state index < -0.39 is 23.4 Å². The third kappa shape index (κ3) is 5.48. The van der Waals surface area contributed by atoms with E-state index in [2.05, 4.69) is 0 Å². The first-order chi connectivity index (χ1) is 15.4. The lowest BCUT2D eigenvalue weighted by Crippen LogP contribution is -2.34. The van der Waals surface area contributed by atoms with Crippen molar-refractivity contribution in [3.63, 3.8) is 0 Å². The van der Waals surface area contributed by atoms with E-state index in [0.717, 1.165) is 17.2 Å². The summed E-state index contributed by atoms with van der Waals surface area (Å²) in [6.45, 7) is 1.71. The number of carbonyl (C=O) groups is 2. The number of benzene rings is 3. The number of ether oxygens (including phenoxy) is 2. The van der Waals surface area contributed by atoms with Gasteiger partial charge in [-0.15, -0.1) is 0 Å². The van der Waals surface area contributed by atoms with Crippen LogP contribution in [0.3, 0.4) is 0 Å². The van der Waals surface area contributed by atoms with Gasteiger partial charge in [-0.05, 0) is 42.3 Å². The zero-order valence-electron chi connectivity index (χ0n) is 17.7. The molecular formula is C24H22N2O6. The molecule has 0 saturated carbocycles. The van der Waals surface area contributed by atoms with Gasteiger partial charge < -0.3 is 14.4 Å². The molecule has 32 heavy (non-hydrogen) atoms. The van der Waals surface area contributed by atoms with Crippen LogP contribution in [0.25, 0.3) is 0 Å². The summed E-state index contributed by atoms with van der Waals surface area (Å²) in [6, 6.07) is 20.6. The molecule has 0 bridgehead atoms. The van der Waals surface area contributed by atoms with E-state index in [0.29, 0.717) is 12.2 Å². The molecule has 3 aromatic carbocycles. The van der Waals surface area contributed by atoms with Crippen molar-refractivity contribution in [3.8, 4) is 5.75 Å². The summed E-state index contributed by atoms with van der Waals surface area (Å²) in [4.78, 5) is 37.5. The summed E-state index contributed by atoms with van der Waals surface area (Å²) in [5.74, 6) is -1.24. The number of esters is 1. The van der Waals surface area contributed by atoms with Gasteiger partial charge in [0.05, 0.1) is 24.1 Å². The van der Waals surface area contributed by atoms with Crippen LogP contribution in [-0.4, -0.2) is 30.5 Å². The number of carbonyl (C=O) groups excluding carboxylic acids is 2. The van der Waals surface area contributed by atoms with Gasteiger partial charge in [0.2, 0.25) is 0 Å². The maximum absolute atomic E-state index is 13.0. The summed E-state index contributed by atoms with van der Waals surface area (Å²) in [7, 11) is 1.30. The third-order valence-electron chi connectivity index (χ3n) is 4.74. The van der Waals surface area contributed by atoms with Gasteiger partial charge in [-0.25, -0.2) is 4.79 Å². The highest BCUT2D eigenvalue weighted by Gasteiger charge is 2.22. The minimum Gasteiger partial charge on any atom is -0.490 e. The number of nitrogens with zero attached hydrogens (tertiary/aromatic N) is 2. The van der Waals surface area contributed by atoms with E-state index in [-0.39, 0.29) is 17.0 Å². The molecule has 0 atom stereocenters. The van der Waals surface area contributed by atoms with Crippen LogP contribution in [0, 0.1) is 17.0 Å². The van der Waals surface area contributed by atoms with Gasteiger partial charge in [-0.2, -0.15) is 0 Å². The molecule has 0 aliphatic heterocycles. The second-order valence-corrected chi connectivity index (χ2v) is 7.02. The fourth-order valence-electron chi connectivity index (χ4n) is 3.13. The SMILES string of the molecule is COc1ccc(C(=O)OCC(=O)N(Cc2ccccc2)c2cccc(C)c2)cc1[N+](=O)[O-]. The van der Waals surface area contributed by atoms with Crippen LogP contribution >= 0.6 is 0 Å². The van der Waals surface area contributed by atoms with Gasteiger partial charge in [0.25, 0.3) is 5.91 Å². The van der Waals surface area contributed by atoms with Crippen LogP contribution in [0.2, 0.25) is 0 Å². The number of hydrogen-bond donors (Lipinski definition) is 0. The standard InChI is InChI=1S/C24H22N2O6/c1-17-7-6-10-20(13-17)25(15-18-8-4-3-5-9-18)23(27)16-32-24(28)19-11-12-22(31-2)21(14-19)26(29)30/h3-14H,15-16H2,1-2H3. The summed E-state index contributed by atoms with van der Waals surface area (Å²) < 4.78 is 10.1. The average molecular weight is 434 g/mol. The molecule has 0 N–H and O–H groups in total. The Morgan fingerprint density at radius 3 is 2.41 bits per heavy atom. The molecule has 0 aliphatic carbocycles. The van der Waals surface area contributed by atoms with Gasteiger partial charge in [-0.1, -0.05) is 42.5 Å². The molecule has 0 aromatic heterocycles. The predicted molar refractivity (Wildman–Crippen MR) is 119 cm³/mol. The van der Waals surface area contributed by atoms with Crippen molar-refractivity contribution < 1.29 is 24.0 Å². The summed E-state index contributed by atoms with van der Waals surface area (Å²) in [5.41, 5.74) is 2.17. The van der Waals surface area contributed by atoms with Crippen LogP contribution in [0.4, 0.5) is 11.4 Å². The van der Waals surface area contributed by atoms with Gasteiger partial charge >= 0.3 is 11.7 Å². The molecule has 8 nitrogen and oxygen atoms in total. The number of amides is 1. The van der Waals surface area contributed by atoms with E-state index in [4.69, 9.17) is 9.47 Å². The van der Waals surface area contributed by atoms with Crippen molar-refractivity contribution in [3.05, 3.63) is 99.6 Å². The molecule has 8 heteroatoms. The average Bonchev–Trinajstić information content (AvgIpc) is 2.81. The molecule has 0 aliphatic rings. The van der Waals surface area contributed by atoms with Crippen LogP contribution < -0.4 is 9.64 Å². The minimum absolute atomic E-state index is 0.0242. The second-order valence-electron chi connectivity index (χ2n) is 7.02. The molecule has 0 unspecified atom stereocenters. The van der Waals surface area contributed by atoms with E-state index in [1.807, 2.05) is 61.5 Å². The molecule has 1 amide bonds. The van der Waals surface area contributed by atoms with Gasteiger partial charge in [0.15, 0.2) is 12.4 Å². The summed E-state index contributed by atoms with van der Waals surface area (Å²) >= 11 is 0. The first-order valence-corrected chi connectivity index (χ1v) is 9.79. The zero-order chi connectivity index (χ0) is 23.1. The van der Waals surface area contributed by atoms with Gasteiger partial charge in [-0.3, -0.25) is 14.9 Å². The molecule has 0 fully saturated rings. The number of nitro benzene ring substituents is 1. The van der Waals surface area contributed by atoms with Crippen molar-refractivity contribution in [1.82, 2.24) is 0 Å². The van der Waals surface area contributed by atoms with Crippen LogP contribution in [0.5, 0.6) is 5.75 Å². The molecule has 164 valence electrons. The largest absolute Gasteiger partial charge is 0.490 e. The third-order valence-corrected chi connectivity index (χ3v) is 4.74. The summed E-state index contributed by atoms with van der Waals surface area (Å²) in [6.07, 6.45) is 0. The number of hydrogen-bond acceptors (Lipinski definition) is 6. The lowest BCUT2D eigenvalue weighted by molar-refractivity contribution is -0.385. The Kier molecular flexibility index (Phi) is 7.17.